The average molecular weight is 464 g/mol. The average Bonchev–Trinajstić information content (AvgIpc) is 2.85. The predicted octanol–water partition coefficient (Wildman–Crippen LogP) is 7.27. The maximum atomic E-state index is 13.4. The second kappa shape index (κ2) is 9.27. The maximum Gasteiger partial charge on any atom is 0.256 e. The largest absolute Gasteiger partial charge is 0.320 e. The molecule has 168 valence electrons. The fraction of sp³-hybridized carbons (Fsp3) is 0.464. The Labute approximate surface area is 196 Å². The van der Waals surface area contributed by atoms with Gasteiger partial charge in [-0.05, 0) is 60.9 Å². The molecule has 0 bridgehead atoms. The van der Waals surface area contributed by atoms with Gasteiger partial charge in [0.15, 0.2) is 0 Å². The zero-order valence-corrected chi connectivity index (χ0v) is 20.8. The van der Waals surface area contributed by atoms with Crippen LogP contribution < -0.4 is 11.0 Å². The third-order valence-corrected chi connectivity index (χ3v) is 14.4. The van der Waals surface area contributed by atoms with E-state index < -0.39 is 6.04 Å². The number of benzene rings is 2. The molecule has 0 aliphatic heterocycles. The molecule has 0 atom stereocenters. The molecule has 2 fully saturated rings. The van der Waals surface area contributed by atoms with E-state index in [0.717, 1.165) is 16.2 Å². The molecule has 1 N–H and O–H groups in total. The first kappa shape index (κ1) is 22.1. The summed E-state index contributed by atoms with van der Waals surface area (Å²) >= 11 is 6.89. The Kier molecular flexibility index (Phi) is 6.41. The van der Waals surface area contributed by atoms with E-state index in [4.69, 9.17) is 11.8 Å². The van der Waals surface area contributed by atoms with Crippen LogP contribution in [0.1, 0.15) is 69.8 Å². The molecular weight excluding hydrogens is 429 g/mol. The Morgan fingerprint density at radius 1 is 0.812 bits per heavy atom. The quantitative estimate of drug-likeness (QED) is 0.413. The zero-order valence-electron chi connectivity index (χ0n) is 19.1. The van der Waals surface area contributed by atoms with Crippen molar-refractivity contribution in [3.05, 3.63) is 64.4 Å². The van der Waals surface area contributed by atoms with Gasteiger partial charge in [-0.1, -0.05) is 98.4 Å². The van der Waals surface area contributed by atoms with Gasteiger partial charge in [0.2, 0.25) is 0 Å². The first-order valence-corrected chi connectivity index (χ1v) is 15.3. The van der Waals surface area contributed by atoms with Crippen LogP contribution in [-0.4, -0.2) is 16.3 Å². The second-order valence-corrected chi connectivity index (χ2v) is 15.0. The summed E-state index contributed by atoms with van der Waals surface area (Å²) in [5, 5.41) is 1.86. The van der Waals surface area contributed by atoms with Crippen molar-refractivity contribution in [3.8, 4) is 11.1 Å². The number of hydrogen-bond acceptors (Lipinski definition) is 2. The van der Waals surface area contributed by atoms with Crippen molar-refractivity contribution in [3.63, 3.8) is 0 Å². The lowest BCUT2D eigenvalue weighted by molar-refractivity contribution is 0.486. The second-order valence-electron chi connectivity index (χ2n) is 9.89. The summed E-state index contributed by atoms with van der Waals surface area (Å²) in [6, 6.07) is 14.9. The molecule has 5 rings (SSSR count). The summed E-state index contributed by atoms with van der Waals surface area (Å²) in [6.45, 7) is 2.12. The van der Waals surface area contributed by atoms with Gasteiger partial charge in [-0.25, -0.2) is 0 Å². The molecule has 0 unspecified atom stereocenters. The summed E-state index contributed by atoms with van der Waals surface area (Å²) < 4.78 is 0. The van der Waals surface area contributed by atoms with Gasteiger partial charge >= 0.3 is 0 Å². The summed E-state index contributed by atoms with van der Waals surface area (Å²) in [6.07, 6.45) is 12.7. The third kappa shape index (κ3) is 3.93. The molecule has 0 amide bonds. The van der Waals surface area contributed by atoms with Crippen LogP contribution in [0.15, 0.2) is 53.3 Å². The number of fused-ring (bicyclic) bond motifs is 1. The van der Waals surface area contributed by atoms with Crippen molar-refractivity contribution in [1.82, 2.24) is 4.98 Å². The number of nitrogens with one attached hydrogen (secondary N) is 1. The number of rotatable bonds is 4. The lowest BCUT2D eigenvalue weighted by Gasteiger charge is -2.42. The first-order valence-electron chi connectivity index (χ1n) is 12.4. The molecule has 2 aromatic carbocycles. The topological polar surface area (TPSA) is 32.9 Å². The molecule has 4 heteroatoms. The Balaban J connectivity index is 1.84. The number of aromatic nitrogens is 1. The maximum absolute atomic E-state index is 13.4. The molecule has 2 saturated carbocycles. The predicted molar refractivity (Wildman–Crippen MR) is 142 cm³/mol. The van der Waals surface area contributed by atoms with Gasteiger partial charge in [0.25, 0.3) is 5.56 Å². The van der Waals surface area contributed by atoms with Crippen LogP contribution in [0.4, 0.5) is 0 Å². The first-order chi connectivity index (χ1) is 15.6. The number of H-pyrrole nitrogens is 1. The minimum Gasteiger partial charge on any atom is -0.320 e. The van der Waals surface area contributed by atoms with Crippen LogP contribution in [-0.2, 0) is 11.8 Å². The molecule has 0 radical (unpaired) electrons. The number of aromatic amines is 1. The van der Waals surface area contributed by atoms with Gasteiger partial charge in [-0.15, -0.1) is 0 Å². The molecule has 2 aliphatic rings. The van der Waals surface area contributed by atoms with Gasteiger partial charge in [0.1, 0.15) is 0 Å². The van der Waals surface area contributed by atoms with Crippen molar-refractivity contribution < 1.29 is 0 Å². The Hall–Kier alpha value is -1.70. The van der Waals surface area contributed by atoms with E-state index in [2.05, 4.69) is 48.3 Å². The van der Waals surface area contributed by atoms with E-state index in [1.807, 2.05) is 12.1 Å². The number of hydrogen-bond donors (Lipinski definition) is 1. The van der Waals surface area contributed by atoms with Crippen molar-refractivity contribution >= 4 is 34.1 Å². The van der Waals surface area contributed by atoms with Crippen LogP contribution in [0.25, 0.3) is 21.9 Å². The fourth-order valence-corrected chi connectivity index (χ4v) is 12.3. The highest BCUT2D eigenvalue weighted by Crippen LogP contribution is 2.63. The summed E-state index contributed by atoms with van der Waals surface area (Å²) in [7, 11) is 0. The highest BCUT2D eigenvalue weighted by atomic mass is 32.4. The Morgan fingerprint density at radius 3 is 2.00 bits per heavy atom. The monoisotopic (exact) mass is 463 g/mol. The van der Waals surface area contributed by atoms with Gasteiger partial charge in [0, 0.05) is 17.0 Å². The summed E-state index contributed by atoms with van der Waals surface area (Å²) in [5.74, 6) is 0. The highest BCUT2D eigenvalue weighted by Gasteiger charge is 2.41. The van der Waals surface area contributed by atoms with E-state index in [-0.39, 0.29) is 5.56 Å². The van der Waals surface area contributed by atoms with Gasteiger partial charge in [-0.3, -0.25) is 4.79 Å². The van der Waals surface area contributed by atoms with Gasteiger partial charge < -0.3 is 4.98 Å². The summed E-state index contributed by atoms with van der Waals surface area (Å²) in [5.41, 5.74) is 5.90. The molecule has 1 heterocycles. The standard InChI is InChI=1S/C28H34NOPS/c1-20-17-18-24-25(19-20)26(21-11-5-2-6-12-21)28(29-27(24)30)31(32,22-13-7-3-8-14-22)23-15-9-4-10-16-23/h2,5-6,11-12,17-19,22-23H,3-4,7-10,13-16H2,1H3,(H,29,30). The molecular formula is C28H34NOPS. The third-order valence-electron chi connectivity index (χ3n) is 7.80. The zero-order chi connectivity index (χ0) is 22.1. The normalized spacial score (nSPS) is 18.8. The highest BCUT2D eigenvalue weighted by molar-refractivity contribution is 8.19. The SMILES string of the molecule is Cc1ccc2c(=O)[nH]c(P(=S)(C3CCCCC3)C3CCCCC3)c(-c3ccccc3)c2c1. The van der Waals surface area contributed by atoms with E-state index in [1.54, 1.807) is 0 Å². The Bertz CT molecular complexity index is 1180. The lowest BCUT2D eigenvalue weighted by Crippen LogP contribution is -2.34. The van der Waals surface area contributed by atoms with Crippen LogP contribution in [0.5, 0.6) is 0 Å². The molecule has 2 nitrogen and oxygen atoms in total. The minimum atomic E-state index is -1.99. The fourth-order valence-electron chi connectivity index (χ4n) is 6.18. The lowest BCUT2D eigenvalue weighted by atomic mass is 9.99. The molecule has 0 spiro atoms. The molecule has 32 heavy (non-hydrogen) atoms. The number of aryl methyl sites for hydroxylation is 1. The van der Waals surface area contributed by atoms with Crippen LogP contribution in [0.3, 0.4) is 0 Å². The Morgan fingerprint density at radius 2 is 1.41 bits per heavy atom. The van der Waals surface area contributed by atoms with E-state index in [0.29, 0.717) is 11.3 Å². The molecule has 3 aromatic rings. The molecule has 2 aliphatic carbocycles. The molecule has 0 saturated heterocycles. The van der Waals surface area contributed by atoms with Crippen molar-refractivity contribution in [1.29, 1.82) is 0 Å². The van der Waals surface area contributed by atoms with Crippen molar-refractivity contribution in [2.45, 2.75) is 82.4 Å². The van der Waals surface area contributed by atoms with Gasteiger partial charge in [-0.2, -0.15) is 0 Å². The smallest absolute Gasteiger partial charge is 0.256 e. The van der Waals surface area contributed by atoms with Gasteiger partial charge in [0.05, 0.1) is 5.44 Å². The summed E-state index contributed by atoms with van der Waals surface area (Å²) in [4.78, 5) is 16.9. The number of pyridine rings is 1. The molecule has 1 aromatic heterocycles. The van der Waals surface area contributed by atoms with E-state index in [9.17, 15) is 4.79 Å². The van der Waals surface area contributed by atoms with E-state index >= 15 is 0 Å². The van der Waals surface area contributed by atoms with Crippen LogP contribution in [0, 0.1) is 6.92 Å². The van der Waals surface area contributed by atoms with Crippen molar-refractivity contribution in [2.75, 3.05) is 0 Å². The van der Waals surface area contributed by atoms with E-state index in [1.165, 1.54) is 80.9 Å². The van der Waals surface area contributed by atoms with Crippen LogP contribution >= 0.6 is 6.04 Å². The van der Waals surface area contributed by atoms with Crippen molar-refractivity contribution in [2.24, 2.45) is 0 Å². The van der Waals surface area contributed by atoms with Crippen LogP contribution in [0.2, 0.25) is 0 Å². The minimum absolute atomic E-state index is 0.0375.